The molecule has 0 aliphatic heterocycles. The second kappa shape index (κ2) is 21.9. The van der Waals surface area contributed by atoms with Gasteiger partial charge in [-0.3, -0.25) is 0 Å². The molecule has 3 aromatic heterocycles. The molecule has 16 nitrogen and oxygen atoms in total. The molecule has 0 aromatic carbocycles. The SMILES string of the molecule is CO[SiH](OC)O[Si](CCCn1ccnc1)(OC)OC.CO[Si](CCCn1ccnc1)(OC)O[Si](CCCn1ccnc1)(OC)OC. The summed E-state index contributed by atoms with van der Waals surface area (Å²) in [5.41, 5.74) is 0. The number of hydrogen-bond acceptors (Lipinski definition) is 13. The lowest BCUT2D eigenvalue weighted by atomic mass is 10.5. The van der Waals surface area contributed by atoms with Crippen LogP contribution in [0, 0.1) is 0 Å². The quantitative estimate of drug-likeness (QED) is 0.125. The summed E-state index contributed by atoms with van der Waals surface area (Å²) >= 11 is 0. The van der Waals surface area contributed by atoms with Crippen molar-refractivity contribution in [2.45, 2.75) is 57.0 Å². The second-order valence-corrected chi connectivity index (χ2v) is 21.3. The van der Waals surface area contributed by atoms with E-state index in [9.17, 15) is 0 Å². The monoisotopic (exact) mass is 720 g/mol. The van der Waals surface area contributed by atoms with Crippen molar-refractivity contribution in [3.8, 4) is 0 Å². The van der Waals surface area contributed by atoms with Crippen LogP contribution in [0.1, 0.15) is 19.3 Å². The molecule has 0 atom stereocenters. The number of hydrogen-bond donors (Lipinski definition) is 0. The molecule has 0 N–H and O–H groups in total. The maximum atomic E-state index is 6.40. The summed E-state index contributed by atoms with van der Waals surface area (Å²) in [7, 11) is 2.15. The molecule has 3 rings (SSSR count). The molecule has 0 radical (unpaired) electrons. The highest BCUT2D eigenvalue weighted by atomic mass is 28.5. The predicted molar refractivity (Wildman–Crippen MR) is 178 cm³/mol. The molecule has 3 aromatic rings. The summed E-state index contributed by atoms with van der Waals surface area (Å²) in [6.45, 7) is 2.48. The number of rotatable bonds is 24. The van der Waals surface area contributed by atoms with E-state index in [1.165, 1.54) is 0 Å². The number of aromatic nitrogens is 6. The molecule has 0 saturated carbocycles. The third-order valence-corrected chi connectivity index (χ3v) is 19.3. The van der Waals surface area contributed by atoms with Gasteiger partial charge in [0.15, 0.2) is 0 Å². The van der Waals surface area contributed by atoms with Crippen LogP contribution in [0.2, 0.25) is 18.1 Å². The van der Waals surface area contributed by atoms with Gasteiger partial charge in [0.2, 0.25) is 0 Å². The zero-order valence-electron chi connectivity index (χ0n) is 28.4. The van der Waals surface area contributed by atoms with Gasteiger partial charge < -0.3 is 57.3 Å². The van der Waals surface area contributed by atoms with E-state index in [-0.39, 0.29) is 0 Å². The van der Waals surface area contributed by atoms with Crippen molar-refractivity contribution in [1.29, 1.82) is 0 Å². The first-order valence-corrected chi connectivity index (χ1v) is 22.1. The Bertz CT molecular complexity index is 1060. The van der Waals surface area contributed by atoms with Crippen molar-refractivity contribution in [3.63, 3.8) is 0 Å². The molecule has 3 heterocycles. The molecule has 0 unspecified atom stereocenters. The van der Waals surface area contributed by atoms with Gasteiger partial charge in [-0.05, 0) is 19.3 Å². The Balaban J connectivity index is 0.000000341. The molecule has 20 heteroatoms. The highest BCUT2D eigenvalue weighted by Gasteiger charge is 2.51. The minimum absolute atomic E-state index is 0.668. The summed E-state index contributed by atoms with van der Waals surface area (Å²) in [4.78, 5) is 12.1. The van der Waals surface area contributed by atoms with Crippen molar-refractivity contribution in [2.75, 3.05) is 56.9 Å². The van der Waals surface area contributed by atoms with E-state index < -0.39 is 35.9 Å². The van der Waals surface area contributed by atoms with Gasteiger partial charge in [0.25, 0.3) is 0 Å². The summed E-state index contributed by atoms with van der Waals surface area (Å²) < 4.78 is 62.6. The Morgan fingerprint density at radius 3 is 1.09 bits per heavy atom. The lowest BCUT2D eigenvalue weighted by molar-refractivity contribution is 0.0854. The molecule has 0 aliphatic rings. The fourth-order valence-electron chi connectivity index (χ4n) is 4.55. The summed E-state index contributed by atoms with van der Waals surface area (Å²) in [5.74, 6) is 0. The zero-order chi connectivity index (χ0) is 33.7. The van der Waals surface area contributed by atoms with Gasteiger partial charge in [0.1, 0.15) is 0 Å². The Labute approximate surface area is 277 Å². The topological polar surface area (TPSA) is 146 Å². The highest BCUT2D eigenvalue weighted by molar-refractivity contribution is 6.75. The zero-order valence-corrected chi connectivity index (χ0v) is 32.6. The van der Waals surface area contributed by atoms with E-state index in [0.717, 1.165) is 38.9 Å². The van der Waals surface area contributed by atoms with E-state index in [1.54, 1.807) is 94.5 Å². The van der Waals surface area contributed by atoms with Gasteiger partial charge in [-0.25, -0.2) is 15.0 Å². The summed E-state index contributed by atoms with van der Waals surface area (Å²) in [6, 6.07) is 2.04. The number of imidazole rings is 3. The van der Waals surface area contributed by atoms with Crippen LogP contribution in [-0.2, 0) is 63.3 Å². The van der Waals surface area contributed by atoms with Crippen LogP contribution in [0.4, 0.5) is 0 Å². The average molecular weight is 721 g/mol. The first-order valence-electron chi connectivity index (χ1n) is 14.9. The van der Waals surface area contributed by atoms with E-state index in [1.807, 2.05) is 32.3 Å². The molecule has 0 bridgehead atoms. The van der Waals surface area contributed by atoms with Crippen molar-refractivity contribution >= 4 is 35.9 Å². The van der Waals surface area contributed by atoms with Gasteiger partial charge in [-0.2, -0.15) is 0 Å². The third-order valence-electron chi connectivity index (χ3n) is 7.21. The van der Waals surface area contributed by atoms with Gasteiger partial charge >= 0.3 is 35.9 Å². The Hall–Kier alpha value is -1.90. The van der Waals surface area contributed by atoms with Crippen molar-refractivity contribution in [2.24, 2.45) is 0 Å². The fraction of sp³-hybridized carbons (Fsp3) is 0.654. The van der Waals surface area contributed by atoms with Crippen LogP contribution in [0.3, 0.4) is 0 Å². The number of aryl methyl sites for hydroxylation is 3. The molecule has 0 amide bonds. The normalized spacial score (nSPS) is 12.5. The van der Waals surface area contributed by atoms with Crippen molar-refractivity contribution < 1.29 is 43.6 Å². The largest absolute Gasteiger partial charge is 0.493 e. The van der Waals surface area contributed by atoms with Gasteiger partial charge in [-0.1, -0.05) is 0 Å². The molecule has 0 aliphatic carbocycles. The van der Waals surface area contributed by atoms with Crippen LogP contribution in [0.25, 0.3) is 0 Å². The highest BCUT2D eigenvalue weighted by Crippen LogP contribution is 2.27. The Morgan fingerprint density at radius 2 is 0.826 bits per heavy atom. The van der Waals surface area contributed by atoms with Crippen LogP contribution < -0.4 is 0 Å². The third kappa shape index (κ3) is 13.3. The van der Waals surface area contributed by atoms with E-state index >= 15 is 0 Å². The first kappa shape index (κ1) is 40.3. The van der Waals surface area contributed by atoms with Crippen LogP contribution in [-0.4, -0.2) is 121 Å². The van der Waals surface area contributed by atoms with Gasteiger partial charge in [-0.15, -0.1) is 0 Å². The maximum Gasteiger partial charge on any atom is 0.493 e. The minimum atomic E-state index is -2.91. The van der Waals surface area contributed by atoms with E-state index in [4.69, 9.17) is 43.6 Å². The molecular weight excluding hydrogens is 669 g/mol. The molecule has 0 fully saturated rings. The molecular formula is C26H52N6O10Si4. The second-order valence-electron chi connectivity index (χ2n) is 9.97. The van der Waals surface area contributed by atoms with Gasteiger partial charge in [0, 0.05) is 132 Å². The lowest BCUT2D eigenvalue weighted by Crippen LogP contribution is -2.57. The molecule has 46 heavy (non-hydrogen) atoms. The van der Waals surface area contributed by atoms with Gasteiger partial charge in [0.05, 0.1) is 19.0 Å². The Kier molecular flexibility index (Phi) is 19.1. The lowest BCUT2D eigenvalue weighted by Gasteiger charge is -2.35. The number of nitrogens with zero attached hydrogens (tertiary/aromatic N) is 6. The van der Waals surface area contributed by atoms with Crippen LogP contribution >= 0.6 is 0 Å². The van der Waals surface area contributed by atoms with Crippen molar-refractivity contribution in [3.05, 3.63) is 56.2 Å². The molecule has 262 valence electrons. The first-order chi connectivity index (χ1) is 22.3. The molecule has 0 saturated heterocycles. The average Bonchev–Trinajstić information content (AvgIpc) is 3.91. The van der Waals surface area contributed by atoms with E-state index in [2.05, 4.69) is 15.0 Å². The smallest absolute Gasteiger partial charge is 0.380 e. The standard InChI is InChI=1S/C16H30N4O5Si2.C10H22N2O5Si2/c1-21-26(22-2,13-5-9-19-11-7-17-15-19)25-27(23-3,24-4)14-6-10-20-12-8-18-16-20;1-13-18(14-2)17-19(15-3,16-4)9-5-7-12-8-6-11-10-12/h7-8,11-12,15-16H,5-6,9-10,13-14H2,1-4H3;6,8,10,18H,5,7,9H2,1-4H3. The van der Waals surface area contributed by atoms with Crippen molar-refractivity contribution in [1.82, 2.24) is 28.7 Å². The summed E-state index contributed by atoms with van der Waals surface area (Å²) in [5, 5.41) is 0. The van der Waals surface area contributed by atoms with E-state index in [0.29, 0.717) is 18.1 Å². The van der Waals surface area contributed by atoms with Crippen LogP contribution in [0.15, 0.2) is 56.2 Å². The van der Waals surface area contributed by atoms with Crippen LogP contribution in [0.5, 0.6) is 0 Å². The minimum Gasteiger partial charge on any atom is -0.380 e. The fourth-order valence-corrected chi connectivity index (χ4v) is 15.5. The predicted octanol–water partition coefficient (Wildman–Crippen LogP) is 2.57. The Morgan fingerprint density at radius 1 is 0.500 bits per heavy atom. The summed E-state index contributed by atoms with van der Waals surface area (Å²) in [6.07, 6.45) is 19.0. The maximum absolute atomic E-state index is 6.40. The molecule has 0 spiro atoms.